The highest BCUT2D eigenvalue weighted by atomic mass is 32.2. The minimum Gasteiger partial charge on any atom is -0.363 e. The first-order chi connectivity index (χ1) is 12.2. The van der Waals surface area contributed by atoms with Gasteiger partial charge in [-0.05, 0) is 37.1 Å². The maximum Gasteiger partial charge on any atom is 0.253 e. The van der Waals surface area contributed by atoms with Gasteiger partial charge in [0.2, 0.25) is 15.9 Å². The molecular weight excluding hydrogens is 358 g/mol. The van der Waals surface area contributed by atoms with E-state index in [1.54, 1.807) is 29.2 Å². The van der Waals surface area contributed by atoms with Crippen LogP contribution in [0.3, 0.4) is 0 Å². The lowest BCUT2D eigenvalue weighted by Gasteiger charge is -2.43. The highest BCUT2D eigenvalue weighted by molar-refractivity contribution is 7.92. The van der Waals surface area contributed by atoms with E-state index in [0.29, 0.717) is 43.7 Å². The fourth-order valence-electron chi connectivity index (χ4n) is 3.21. The quantitative estimate of drug-likeness (QED) is 0.807. The number of amides is 2. The zero-order chi connectivity index (χ0) is 18.9. The van der Waals surface area contributed by atoms with Gasteiger partial charge in [0.25, 0.3) is 5.91 Å². The molecule has 0 aliphatic carbocycles. The van der Waals surface area contributed by atoms with Crippen molar-refractivity contribution in [3.05, 3.63) is 29.8 Å². The number of carbonyl (C=O) groups is 2. The minimum absolute atomic E-state index is 0.0727. The second kappa shape index (κ2) is 6.88. The van der Waals surface area contributed by atoms with Gasteiger partial charge in [-0.25, -0.2) is 8.42 Å². The predicted molar refractivity (Wildman–Crippen MR) is 96.5 cm³/mol. The summed E-state index contributed by atoms with van der Waals surface area (Å²) in [7, 11) is -1.86. The molecule has 8 nitrogen and oxygen atoms in total. The summed E-state index contributed by atoms with van der Waals surface area (Å²) < 4.78 is 30.0. The summed E-state index contributed by atoms with van der Waals surface area (Å²) in [6.07, 6.45) is 2.48. The molecule has 1 aromatic carbocycles. The lowest BCUT2D eigenvalue weighted by molar-refractivity contribution is -0.149. The van der Waals surface area contributed by atoms with Crippen LogP contribution in [-0.2, 0) is 19.6 Å². The van der Waals surface area contributed by atoms with Gasteiger partial charge in [-0.2, -0.15) is 0 Å². The van der Waals surface area contributed by atoms with Crippen LogP contribution < -0.4 is 9.62 Å². The van der Waals surface area contributed by atoms with Gasteiger partial charge in [-0.1, -0.05) is 0 Å². The molecule has 1 aromatic rings. The summed E-state index contributed by atoms with van der Waals surface area (Å²) in [5, 5.41) is 2.83. The molecule has 142 valence electrons. The van der Waals surface area contributed by atoms with Gasteiger partial charge in [0.1, 0.15) is 6.61 Å². The van der Waals surface area contributed by atoms with Gasteiger partial charge >= 0.3 is 0 Å². The van der Waals surface area contributed by atoms with Gasteiger partial charge in [-0.3, -0.25) is 13.9 Å². The Labute approximate surface area is 153 Å². The first-order valence-electron chi connectivity index (χ1n) is 8.44. The number of benzene rings is 1. The van der Waals surface area contributed by atoms with Crippen molar-refractivity contribution in [2.75, 3.05) is 43.8 Å². The number of nitrogens with one attached hydrogen (secondary N) is 1. The third-order valence-corrected chi connectivity index (χ3v) is 6.26. The second-order valence-electron chi connectivity index (χ2n) is 6.82. The molecule has 2 saturated heterocycles. The van der Waals surface area contributed by atoms with Gasteiger partial charge in [0.15, 0.2) is 0 Å². The van der Waals surface area contributed by atoms with E-state index in [-0.39, 0.29) is 24.0 Å². The topological polar surface area (TPSA) is 96.0 Å². The molecule has 0 atom stereocenters. The molecule has 0 bridgehead atoms. The molecule has 26 heavy (non-hydrogen) atoms. The Bertz CT molecular complexity index is 786. The Kier molecular flexibility index (Phi) is 4.94. The lowest BCUT2D eigenvalue weighted by Crippen LogP contribution is -2.58. The van der Waals surface area contributed by atoms with E-state index in [9.17, 15) is 18.0 Å². The summed E-state index contributed by atoms with van der Waals surface area (Å²) >= 11 is 0. The van der Waals surface area contributed by atoms with Crippen molar-refractivity contribution < 1.29 is 22.7 Å². The molecule has 2 fully saturated rings. The number of nitrogens with zero attached hydrogens (tertiary/aromatic N) is 2. The van der Waals surface area contributed by atoms with Gasteiger partial charge in [0.05, 0.1) is 17.5 Å². The number of likely N-dealkylation sites (tertiary alicyclic amines) is 1. The van der Waals surface area contributed by atoms with Gasteiger partial charge in [0, 0.05) is 32.2 Å². The van der Waals surface area contributed by atoms with Crippen molar-refractivity contribution in [3.63, 3.8) is 0 Å². The first-order valence-corrected chi connectivity index (χ1v) is 10.3. The highest BCUT2D eigenvalue weighted by Gasteiger charge is 2.40. The van der Waals surface area contributed by atoms with Crippen molar-refractivity contribution in [1.82, 2.24) is 10.2 Å². The molecular formula is C17H23N3O5S. The molecule has 2 amide bonds. The fourth-order valence-corrected chi connectivity index (χ4v) is 3.71. The number of ether oxygens (including phenoxy) is 1. The van der Waals surface area contributed by atoms with Crippen LogP contribution in [0.5, 0.6) is 0 Å². The lowest BCUT2D eigenvalue weighted by atomic mass is 9.89. The van der Waals surface area contributed by atoms with Crippen LogP contribution in [-0.4, -0.2) is 70.3 Å². The zero-order valence-corrected chi connectivity index (χ0v) is 15.7. The largest absolute Gasteiger partial charge is 0.363 e. The van der Waals surface area contributed by atoms with E-state index >= 15 is 0 Å². The molecule has 3 rings (SSSR count). The predicted octanol–water partition coefficient (Wildman–Crippen LogP) is 0.204. The van der Waals surface area contributed by atoms with E-state index in [1.807, 2.05) is 0 Å². The normalized spacial score (nSPS) is 19.9. The Morgan fingerprint density at radius 2 is 1.85 bits per heavy atom. The zero-order valence-electron chi connectivity index (χ0n) is 14.9. The fraction of sp³-hybridized carbons (Fsp3) is 0.529. The maximum absolute atomic E-state index is 12.7. The van der Waals surface area contributed by atoms with E-state index in [4.69, 9.17) is 4.74 Å². The van der Waals surface area contributed by atoms with Crippen molar-refractivity contribution in [2.45, 2.75) is 18.4 Å². The average molecular weight is 381 g/mol. The number of rotatable bonds is 3. The monoisotopic (exact) mass is 381 g/mol. The standard InChI is InChI=1S/C17H23N3O5S/c1-19(26(2,23)24)14-5-3-13(4-6-14)16(22)20-9-7-17(8-10-20)12-18-15(21)11-25-17/h3-6H,7-12H2,1-2H3,(H,18,21). The number of hydrogen-bond acceptors (Lipinski definition) is 5. The van der Waals surface area contributed by atoms with Crippen LogP contribution in [0.1, 0.15) is 23.2 Å². The number of anilines is 1. The molecule has 0 unspecified atom stereocenters. The molecule has 2 aliphatic heterocycles. The smallest absolute Gasteiger partial charge is 0.253 e. The van der Waals surface area contributed by atoms with Crippen LogP contribution >= 0.6 is 0 Å². The van der Waals surface area contributed by atoms with Crippen molar-refractivity contribution in [2.24, 2.45) is 0 Å². The summed E-state index contributed by atoms with van der Waals surface area (Å²) in [4.78, 5) is 25.7. The number of sulfonamides is 1. The third-order valence-electron chi connectivity index (χ3n) is 5.05. The molecule has 0 aromatic heterocycles. The van der Waals surface area contributed by atoms with E-state index in [1.165, 1.54) is 11.4 Å². The van der Waals surface area contributed by atoms with Crippen molar-refractivity contribution in [3.8, 4) is 0 Å². The molecule has 1 spiro atoms. The summed E-state index contributed by atoms with van der Waals surface area (Å²) in [6, 6.07) is 6.53. The van der Waals surface area contributed by atoms with Crippen LogP contribution in [0.25, 0.3) is 0 Å². The first kappa shape index (κ1) is 18.7. The molecule has 2 aliphatic rings. The van der Waals surface area contributed by atoms with Crippen LogP contribution in [0.4, 0.5) is 5.69 Å². The molecule has 0 radical (unpaired) electrons. The number of morpholine rings is 1. The van der Waals surface area contributed by atoms with Crippen LogP contribution in [0.15, 0.2) is 24.3 Å². The van der Waals surface area contributed by atoms with Crippen molar-refractivity contribution >= 4 is 27.5 Å². The molecule has 0 saturated carbocycles. The average Bonchev–Trinajstić information content (AvgIpc) is 2.63. The second-order valence-corrected chi connectivity index (χ2v) is 8.83. The van der Waals surface area contributed by atoms with Crippen LogP contribution in [0.2, 0.25) is 0 Å². The Morgan fingerprint density at radius 1 is 1.23 bits per heavy atom. The van der Waals surface area contributed by atoms with E-state index in [0.717, 1.165) is 6.26 Å². The number of hydrogen-bond donors (Lipinski definition) is 1. The Morgan fingerprint density at radius 3 is 2.35 bits per heavy atom. The number of carbonyl (C=O) groups excluding carboxylic acids is 2. The van der Waals surface area contributed by atoms with Crippen LogP contribution in [0, 0.1) is 0 Å². The van der Waals surface area contributed by atoms with Gasteiger partial charge in [-0.15, -0.1) is 0 Å². The molecule has 1 N–H and O–H groups in total. The van der Waals surface area contributed by atoms with Gasteiger partial charge < -0.3 is 15.0 Å². The molecule has 2 heterocycles. The Balaban J connectivity index is 1.63. The summed E-state index contributed by atoms with van der Waals surface area (Å²) in [6.45, 7) is 1.67. The van der Waals surface area contributed by atoms with E-state index in [2.05, 4.69) is 5.32 Å². The number of piperidine rings is 1. The summed E-state index contributed by atoms with van der Waals surface area (Å²) in [5.41, 5.74) is 0.657. The third kappa shape index (κ3) is 3.83. The van der Waals surface area contributed by atoms with Crippen molar-refractivity contribution in [1.29, 1.82) is 0 Å². The minimum atomic E-state index is -3.34. The Hall–Kier alpha value is -2.13. The summed E-state index contributed by atoms with van der Waals surface area (Å²) in [5.74, 6) is -0.193. The maximum atomic E-state index is 12.7. The highest BCUT2D eigenvalue weighted by Crippen LogP contribution is 2.28. The SMILES string of the molecule is CN(c1ccc(C(=O)N2CCC3(CC2)CNC(=O)CO3)cc1)S(C)(=O)=O. The van der Waals surface area contributed by atoms with E-state index < -0.39 is 10.0 Å². The molecule has 9 heteroatoms.